The van der Waals surface area contributed by atoms with Crippen molar-refractivity contribution in [2.45, 2.75) is 32.1 Å². The summed E-state index contributed by atoms with van der Waals surface area (Å²) in [6.45, 7) is 8.11. The SMILES string of the molecule is CN(C(=O)[C@H]1CNC[C@@H]1c1cnn(C)c1)c1ccc(C(C)(C)C)cc1. The molecule has 1 aromatic heterocycles. The van der Waals surface area contributed by atoms with Crippen LogP contribution in [0, 0.1) is 5.92 Å². The Morgan fingerprint density at radius 3 is 2.48 bits per heavy atom. The van der Waals surface area contributed by atoms with Crippen molar-refractivity contribution in [1.82, 2.24) is 15.1 Å². The van der Waals surface area contributed by atoms with E-state index in [9.17, 15) is 4.79 Å². The fraction of sp³-hybridized carbons (Fsp3) is 0.500. The van der Waals surface area contributed by atoms with Crippen LogP contribution in [-0.4, -0.2) is 35.8 Å². The Balaban J connectivity index is 1.77. The number of nitrogens with zero attached hydrogens (tertiary/aromatic N) is 3. The molecule has 1 aliphatic heterocycles. The van der Waals surface area contributed by atoms with E-state index in [-0.39, 0.29) is 23.2 Å². The summed E-state index contributed by atoms with van der Waals surface area (Å²) in [6, 6.07) is 8.31. The van der Waals surface area contributed by atoms with Crippen molar-refractivity contribution >= 4 is 11.6 Å². The van der Waals surface area contributed by atoms with E-state index in [2.05, 4.69) is 43.3 Å². The molecule has 1 amide bonds. The molecule has 0 spiro atoms. The maximum absolute atomic E-state index is 13.1. The number of carbonyl (C=O) groups is 1. The van der Waals surface area contributed by atoms with Gasteiger partial charge in [0.15, 0.2) is 0 Å². The van der Waals surface area contributed by atoms with Gasteiger partial charge in [-0.1, -0.05) is 32.9 Å². The van der Waals surface area contributed by atoms with Gasteiger partial charge < -0.3 is 10.2 Å². The lowest BCUT2D eigenvalue weighted by atomic mass is 9.87. The van der Waals surface area contributed by atoms with Crippen molar-refractivity contribution < 1.29 is 4.79 Å². The van der Waals surface area contributed by atoms with Crippen LogP contribution in [0.3, 0.4) is 0 Å². The zero-order valence-corrected chi connectivity index (χ0v) is 15.8. The monoisotopic (exact) mass is 340 g/mol. The standard InChI is InChI=1S/C20H28N4O/c1-20(2,3)15-6-8-16(9-7-15)24(5)19(25)18-12-21-11-17(18)14-10-22-23(4)13-14/h6-10,13,17-18,21H,11-12H2,1-5H3/t17-,18+/m1/s1. The first kappa shape index (κ1) is 17.7. The van der Waals surface area contributed by atoms with Crippen LogP contribution in [0.15, 0.2) is 36.7 Å². The molecule has 0 aliphatic carbocycles. The number of nitrogens with one attached hydrogen (secondary N) is 1. The minimum atomic E-state index is -0.0588. The van der Waals surface area contributed by atoms with Gasteiger partial charge in [0.05, 0.1) is 12.1 Å². The van der Waals surface area contributed by atoms with Crippen LogP contribution in [0.5, 0.6) is 0 Å². The van der Waals surface area contributed by atoms with Crippen molar-refractivity contribution in [2.24, 2.45) is 13.0 Å². The highest BCUT2D eigenvalue weighted by molar-refractivity contribution is 5.95. The summed E-state index contributed by atoms with van der Waals surface area (Å²) in [7, 11) is 3.78. The number of benzene rings is 1. The van der Waals surface area contributed by atoms with Crippen molar-refractivity contribution in [2.75, 3.05) is 25.0 Å². The van der Waals surface area contributed by atoms with Gasteiger partial charge in [0.2, 0.25) is 5.91 Å². The maximum Gasteiger partial charge on any atom is 0.231 e. The molecule has 1 aliphatic rings. The topological polar surface area (TPSA) is 50.2 Å². The highest BCUT2D eigenvalue weighted by atomic mass is 16.2. The highest BCUT2D eigenvalue weighted by Crippen LogP contribution is 2.31. The van der Waals surface area contributed by atoms with Gasteiger partial charge in [0.1, 0.15) is 0 Å². The van der Waals surface area contributed by atoms with Gasteiger partial charge in [0, 0.05) is 45.0 Å². The van der Waals surface area contributed by atoms with E-state index in [1.165, 1.54) is 5.56 Å². The molecule has 0 bridgehead atoms. The Labute approximate surface area is 150 Å². The molecule has 2 heterocycles. The number of hydrogen-bond acceptors (Lipinski definition) is 3. The van der Waals surface area contributed by atoms with E-state index in [0.29, 0.717) is 6.54 Å². The summed E-state index contributed by atoms with van der Waals surface area (Å²) >= 11 is 0. The van der Waals surface area contributed by atoms with Gasteiger partial charge in [-0.2, -0.15) is 5.10 Å². The second kappa shape index (κ2) is 6.64. The van der Waals surface area contributed by atoms with E-state index >= 15 is 0 Å². The molecule has 0 unspecified atom stereocenters. The smallest absolute Gasteiger partial charge is 0.231 e. The van der Waals surface area contributed by atoms with Crippen molar-refractivity contribution in [1.29, 1.82) is 0 Å². The first-order valence-corrected chi connectivity index (χ1v) is 8.85. The number of carbonyl (C=O) groups excluding carboxylic acids is 1. The van der Waals surface area contributed by atoms with Gasteiger partial charge >= 0.3 is 0 Å². The van der Waals surface area contributed by atoms with E-state index in [4.69, 9.17) is 0 Å². The highest BCUT2D eigenvalue weighted by Gasteiger charge is 2.36. The van der Waals surface area contributed by atoms with E-state index in [1.54, 1.807) is 9.58 Å². The third-order valence-corrected chi connectivity index (χ3v) is 5.14. The third kappa shape index (κ3) is 3.61. The minimum Gasteiger partial charge on any atom is -0.315 e. The third-order valence-electron chi connectivity index (χ3n) is 5.14. The van der Waals surface area contributed by atoms with Gasteiger partial charge in [-0.25, -0.2) is 0 Å². The van der Waals surface area contributed by atoms with Gasteiger partial charge in [-0.15, -0.1) is 0 Å². The number of anilines is 1. The molecule has 0 saturated carbocycles. The Kier molecular flexibility index (Phi) is 4.69. The average Bonchev–Trinajstić information content (AvgIpc) is 3.21. The quantitative estimate of drug-likeness (QED) is 0.935. The Hall–Kier alpha value is -2.14. The van der Waals surface area contributed by atoms with Crippen LogP contribution in [-0.2, 0) is 17.3 Å². The van der Waals surface area contributed by atoms with Crippen LogP contribution in [0.25, 0.3) is 0 Å². The first-order valence-electron chi connectivity index (χ1n) is 8.85. The van der Waals surface area contributed by atoms with Crippen molar-refractivity contribution in [3.05, 3.63) is 47.8 Å². The van der Waals surface area contributed by atoms with Crippen molar-refractivity contribution in [3.63, 3.8) is 0 Å². The molecule has 5 heteroatoms. The number of aromatic nitrogens is 2. The first-order chi connectivity index (χ1) is 11.8. The van der Waals surface area contributed by atoms with Gasteiger partial charge in [-0.05, 0) is 28.7 Å². The summed E-state index contributed by atoms with van der Waals surface area (Å²) < 4.78 is 1.80. The molecule has 134 valence electrons. The van der Waals surface area contributed by atoms with Crippen LogP contribution < -0.4 is 10.2 Å². The second-order valence-electron chi connectivity index (χ2n) is 8.01. The minimum absolute atomic E-state index is 0.0588. The number of hydrogen-bond donors (Lipinski definition) is 1. The molecule has 1 fully saturated rings. The average molecular weight is 340 g/mol. The van der Waals surface area contributed by atoms with E-state index < -0.39 is 0 Å². The summed E-state index contributed by atoms with van der Waals surface area (Å²) in [5.41, 5.74) is 3.45. The molecule has 0 radical (unpaired) electrons. The predicted molar refractivity (Wildman–Crippen MR) is 101 cm³/mol. The lowest BCUT2D eigenvalue weighted by molar-refractivity contribution is -0.121. The molecule has 1 aromatic carbocycles. The number of aryl methyl sites for hydroxylation is 1. The largest absolute Gasteiger partial charge is 0.315 e. The van der Waals surface area contributed by atoms with Crippen LogP contribution in [0.2, 0.25) is 0 Å². The summed E-state index contributed by atoms with van der Waals surface area (Å²) in [5.74, 6) is 0.274. The molecule has 2 aromatic rings. The fourth-order valence-corrected chi connectivity index (χ4v) is 3.48. The van der Waals surface area contributed by atoms with Crippen LogP contribution in [0.4, 0.5) is 5.69 Å². The fourth-order valence-electron chi connectivity index (χ4n) is 3.48. The molecular formula is C20H28N4O. The number of amides is 1. The summed E-state index contributed by atoms with van der Waals surface area (Å²) in [4.78, 5) is 14.9. The molecular weight excluding hydrogens is 312 g/mol. The lowest BCUT2D eigenvalue weighted by Crippen LogP contribution is -2.36. The molecule has 1 saturated heterocycles. The van der Waals surface area contributed by atoms with Crippen LogP contribution in [0.1, 0.15) is 37.8 Å². The van der Waals surface area contributed by atoms with E-state index in [0.717, 1.165) is 17.8 Å². The Bertz CT molecular complexity index is 742. The van der Waals surface area contributed by atoms with Crippen molar-refractivity contribution in [3.8, 4) is 0 Å². The zero-order chi connectivity index (χ0) is 18.2. The number of rotatable bonds is 3. The molecule has 1 N–H and O–H groups in total. The summed E-state index contributed by atoms with van der Waals surface area (Å²) in [5, 5.41) is 7.62. The molecule has 3 rings (SSSR count). The van der Waals surface area contributed by atoms with E-state index in [1.807, 2.05) is 38.6 Å². The second-order valence-corrected chi connectivity index (χ2v) is 8.01. The van der Waals surface area contributed by atoms with Crippen LogP contribution >= 0.6 is 0 Å². The Morgan fingerprint density at radius 2 is 1.92 bits per heavy atom. The van der Waals surface area contributed by atoms with Gasteiger partial charge in [0.25, 0.3) is 0 Å². The molecule has 2 atom stereocenters. The maximum atomic E-state index is 13.1. The summed E-state index contributed by atoms with van der Waals surface area (Å²) in [6.07, 6.45) is 3.88. The lowest BCUT2D eigenvalue weighted by Gasteiger charge is -2.25. The normalized spacial score (nSPS) is 20.7. The van der Waals surface area contributed by atoms with Gasteiger partial charge in [-0.3, -0.25) is 9.48 Å². The zero-order valence-electron chi connectivity index (χ0n) is 15.8. The molecule has 5 nitrogen and oxygen atoms in total. The molecule has 25 heavy (non-hydrogen) atoms. The Morgan fingerprint density at radius 1 is 1.24 bits per heavy atom. The predicted octanol–water partition coefficient (Wildman–Crippen LogP) is 2.68.